The Morgan fingerprint density at radius 2 is 2.31 bits per heavy atom. The molecule has 0 aliphatic carbocycles. The second-order valence-electron chi connectivity index (χ2n) is 3.47. The van der Waals surface area contributed by atoms with Gasteiger partial charge in [-0.1, -0.05) is 18.7 Å². The molecule has 1 amide bonds. The van der Waals surface area contributed by atoms with Gasteiger partial charge in [0.1, 0.15) is 5.01 Å². The van der Waals surface area contributed by atoms with E-state index in [0.717, 1.165) is 15.2 Å². The van der Waals surface area contributed by atoms with Gasteiger partial charge in [0.2, 0.25) is 5.91 Å². The summed E-state index contributed by atoms with van der Waals surface area (Å²) >= 11 is 1.61. The topological polar surface area (TPSA) is 33.2 Å². The second kappa shape index (κ2) is 4.45. The third kappa shape index (κ3) is 2.12. The second-order valence-corrected chi connectivity index (χ2v) is 4.59. The number of hydrogen-bond acceptors (Lipinski definition) is 3. The zero-order valence-corrected chi connectivity index (χ0v) is 9.83. The fraction of sp³-hybridized carbons (Fsp3) is 0.167. The Morgan fingerprint density at radius 1 is 1.56 bits per heavy atom. The van der Waals surface area contributed by atoms with Crippen molar-refractivity contribution in [1.82, 2.24) is 9.88 Å². The highest BCUT2D eigenvalue weighted by Gasteiger charge is 2.08. The van der Waals surface area contributed by atoms with Gasteiger partial charge in [0.05, 0.1) is 16.8 Å². The Kier molecular flexibility index (Phi) is 3.01. The summed E-state index contributed by atoms with van der Waals surface area (Å²) in [5.41, 5.74) is 0.988. The Labute approximate surface area is 98.0 Å². The summed E-state index contributed by atoms with van der Waals surface area (Å²) in [6, 6.07) is 7.96. The molecule has 1 heterocycles. The Morgan fingerprint density at radius 3 is 3.00 bits per heavy atom. The third-order valence-electron chi connectivity index (χ3n) is 2.26. The maximum Gasteiger partial charge on any atom is 0.246 e. The molecule has 1 aromatic heterocycles. The molecule has 3 nitrogen and oxygen atoms in total. The number of carbonyl (C=O) groups is 1. The van der Waals surface area contributed by atoms with Gasteiger partial charge in [-0.2, -0.15) is 0 Å². The van der Waals surface area contributed by atoms with Crippen LogP contribution in [0.2, 0.25) is 0 Å². The quantitative estimate of drug-likeness (QED) is 0.761. The molecule has 2 rings (SSSR count). The highest BCUT2D eigenvalue weighted by molar-refractivity contribution is 7.18. The number of hydrogen-bond donors (Lipinski definition) is 0. The maximum absolute atomic E-state index is 11.3. The summed E-state index contributed by atoms with van der Waals surface area (Å²) in [5, 5.41) is 0.943. The van der Waals surface area contributed by atoms with Crippen molar-refractivity contribution in [3.63, 3.8) is 0 Å². The lowest BCUT2D eigenvalue weighted by Crippen LogP contribution is -2.23. The Balaban J connectivity index is 2.21. The lowest BCUT2D eigenvalue weighted by Gasteiger charge is -2.12. The molecule has 82 valence electrons. The van der Waals surface area contributed by atoms with Crippen molar-refractivity contribution in [3.05, 3.63) is 41.9 Å². The Hall–Kier alpha value is -1.68. The molecule has 4 heteroatoms. The van der Waals surface area contributed by atoms with E-state index in [1.165, 1.54) is 6.08 Å². The minimum Gasteiger partial charge on any atom is -0.335 e. The molecule has 0 saturated heterocycles. The van der Waals surface area contributed by atoms with Crippen LogP contribution in [0.1, 0.15) is 5.01 Å². The maximum atomic E-state index is 11.3. The average Bonchev–Trinajstić information content (AvgIpc) is 2.69. The molecular weight excluding hydrogens is 220 g/mol. The summed E-state index contributed by atoms with van der Waals surface area (Å²) in [6.45, 7) is 3.99. The van der Waals surface area contributed by atoms with Gasteiger partial charge in [0.25, 0.3) is 0 Å². The summed E-state index contributed by atoms with van der Waals surface area (Å²) in [5.74, 6) is -0.0840. The average molecular weight is 232 g/mol. The number of benzene rings is 1. The van der Waals surface area contributed by atoms with Crippen LogP contribution in [0.15, 0.2) is 36.9 Å². The van der Waals surface area contributed by atoms with Crippen molar-refractivity contribution in [2.75, 3.05) is 7.05 Å². The standard InChI is InChI=1S/C12H12N2OS/c1-3-12(15)14(2)8-11-13-9-6-4-5-7-10(9)16-11/h3-7H,1,8H2,2H3. The van der Waals surface area contributed by atoms with E-state index in [2.05, 4.69) is 11.6 Å². The SMILES string of the molecule is C=CC(=O)N(C)Cc1nc2ccccc2s1. The lowest BCUT2D eigenvalue weighted by atomic mass is 10.3. The van der Waals surface area contributed by atoms with E-state index in [9.17, 15) is 4.79 Å². The number of thiazole rings is 1. The zero-order valence-electron chi connectivity index (χ0n) is 9.01. The first-order chi connectivity index (χ1) is 7.70. The molecule has 0 saturated carbocycles. The van der Waals surface area contributed by atoms with Gasteiger partial charge in [-0.3, -0.25) is 4.79 Å². The molecule has 0 bridgehead atoms. The molecular formula is C12H12N2OS. The van der Waals surface area contributed by atoms with Crippen LogP contribution in [0, 0.1) is 0 Å². The van der Waals surface area contributed by atoms with Crippen LogP contribution in [-0.4, -0.2) is 22.8 Å². The largest absolute Gasteiger partial charge is 0.335 e. The van der Waals surface area contributed by atoms with Crippen molar-refractivity contribution in [2.45, 2.75) is 6.54 Å². The van der Waals surface area contributed by atoms with Crippen LogP contribution < -0.4 is 0 Å². The van der Waals surface area contributed by atoms with Gasteiger partial charge in [-0.15, -0.1) is 11.3 Å². The van der Waals surface area contributed by atoms with Crippen LogP contribution >= 0.6 is 11.3 Å². The van der Waals surface area contributed by atoms with Crippen LogP contribution in [0.4, 0.5) is 0 Å². The lowest BCUT2D eigenvalue weighted by molar-refractivity contribution is -0.125. The molecule has 0 atom stereocenters. The summed E-state index contributed by atoms with van der Waals surface area (Å²) in [4.78, 5) is 17.4. The number of rotatable bonds is 3. The summed E-state index contributed by atoms with van der Waals surface area (Å²) in [6.07, 6.45) is 1.31. The van der Waals surface area contributed by atoms with Gasteiger partial charge in [0, 0.05) is 7.05 Å². The number of aromatic nitrogens is 1. The van der Waals surface area contributed by atoms with Crippen LogP contribution in [0.3, 0.4) is 0 Å². The molecule has 0 radical (unpaired) electrons. The van der Waals surface area contributed by atoms with Gasteiger partial charge in [-0.25, -0.2) is 4.98 Å². The molecule has 0 unspecified atom stereocenters. The fourth-order valence-corrected chi connectivity index (χ4v) is 2.45. The van der Waals surface area contributed by atoms with Crippen molar-refractivity contribution < 1.29 is 4.79 Å². The van der Waals surface area contributed by atoms with Gasteiger partial charge >= 0.3 is 0 Å². The number of likely N-dealkylation sites (N-methyl/N-ethyl adjacent to an activating group) is 1. The van der Waals surface area contributed by atoms with E-state index in [0.29, 0.717) is 6.54 Å². The monoisotopic (exact) mass is 232 g/mol. The predicted octanol–water partition coefficient (Wildman–Crippen LogP) is 2.44. The minimum atomic E-state index is -0.0840. The number of nitrogens with zero attached hydrogens (tertiary/aromatic N) is 2. The highest BCUT2D eigenvalue weighted by Crippen LogP contribution is 2.22. The smallest absolute Gasteiger partial charge is 0.246 e. The van der Waals surface area contributed by atoms with Crippen molar-refractivity contribution >= 4 is 27.5 Å². The molecule has 0 spiro atoms. The first-order valence-corrected chi connectivity index (χ1v) is 5.74. The van der Waals surface area contributed by atoms with Crippen molar-refractivity contribution in [2.24, 2.45) is 0 Å². The van der Waals surface area contributed by atoms with Crippen LogP contribution in [0.25, 0.3) is 10.2 Å². The minimum absolute atomic E-state index is 0.0840. The first-order valence-electron chi connectivity index (χ1n) is 4.92. The third-order valence-corrected chi connectivity index (χ3v) is 3.28. The molecule has 1 aromatic carbocycles. The van der Waals surface area contributed by atoms with Crippen molar-refractivity contribution in [3.8, 4) is 0 Å². The summed E-state index contributed by atoms with van der Waals surface area (Å²) < 4.78 is 1.15. The number of amides is 1. The molecule has 16 heavy (non-hydrogen) atoms. The van der Waals surface area contributed by atoms with Crippen molar-refractivity contribution in [1.29, 1.82) is 0 Å². The number of fused-ring (bicyclic) bond motifs is 1. The number of carbonyl (C=O) groups excluding carboxylic acids is 1. The molecule has 0 aliphatic heterocycles. The van der Waals surface area contributed by atoms with Gasteiger partial charge in [-0.05, 0) is 18.2 Å². The van der Waals surface area contributed by atoms with E-state index in [4.69, 9.17) is 0 Å². The first kappa shape index (κ1) is 10.8. The highest BCUT2D eigenvalue weighted by atomic mass is 32.1. The van der Waals surface area contributed by atoms with E-state index >= 15 is 0 Å². The van der Waals surface area contributed by atoms with E-state index in [1.54, 1.807) is 23.3 Å². The van der Waals surface area contributed by atoms with Gasteiger partial charge in [0.15, 0.2) is 0 Å². The van der Waals surface area contributed by atoms with Crippen LogP contribution in [-0.2, 0) is 11.3 Å². The number of para-hydroxylation sites is 1. The predicted molar refractivity (Wildman–Crippen MR) is 66.3 cm³/mol. The zero-order chi connectivity index (χ0) is 11.5. The Bertz CT molecular complexity index is 500. The molecule has 0 aliphatic rings. The molecule has 2 aromatic rings. The van der Waals surface area contributed by atoms with E-state index in [-0.39, 0.29) is 5.91 Å². The molecule has 0 fully saturated rings. The summed E-state index contributed by atoms with van der Waals surface area (Å²) in [7, 11) is 1.75. The van der Waals surface area contributed by atoms with Gasteiger partial charge < -0.3 is 4.90 Å². The molecule has 0 N–H and O–H groups in total. The fourth-order valence-electron chi connectivity index (χ4n) is 1.42. The van der Waals surface area contributed by atoms with E-state index < -0.39 is 0 Å². The normalized spacial score (nSPS) is 10.3. The van der Waals surface area contributed by atoms with E-state index in [1.807, 2.05) is 24.3 Å². The van der Waals surface area contributed by atoms with Crippen LogP contribution in [0.5, 0.6) is 0 Å².